The van der Waals surface area contributed by atoms with E-state index in [4.69, 9.17) is 0 Å². The predicted octanol–water partition coefficient (Wildman–Crippen LogP) is 2.43. The minimum atomic E-state index is 0. The predicted molar refractivity (Wildman–Crippen MR) is 68.1 cm³/mol. The van der Waals surface area contributed by atoms with Crippen LogP contribution in [0.1, 0.15) is 11.3 Å². The molecule has 0 spiro atoms. The van der Waals surface area contributed by atoms with Crippen molar-refractivity contribution in [2.24, 2.45) is 0 Å². The minimum absolute atomic E-state index is 0. The standard InChI is InChI=1S/C10H13N3.2ClH/c1-7-3-8-4-9(6-11-2)13-10(8)12-5-7;;/h3-5,11H,6H2,1-2H3,(H,12,13);2*1H. The highest BCUT2D eigenvalue weighted by atomic mass is 35.5. The van der Waals surface area contributed by atoms with Crippen LogP contribution in [0.5, 0.6) is 0 Å². The molecule has 0 saturated carbocycles. The molecule has 0 aromatic carbocycles. The van der Waals surface area contributed by atoms with E-state index in [1.807, 2.05) is 13.2 Å². The van der Waals surface area contributed by atoms with Crippen molar-refractivity contribution in [3.63, 3.8) is 0 Å². The molecule has 84 valence electrons. The number of H-pyrrole nitrogens is 1. The van der Waals surface area contributed by atoms with E-state index < -0.39 is 0 Å². The van der Waals surface area contributed by atoms with Crippen molar-refractivity contribution in [2.45, 2.75) is 13.5 Å². The summed E-state index contributed by atoms with van der Waals surface area (Å²) in [6, 6.07) is 4.27. The van der Waals surface area contributed by atoms with Gasteiger partial charge < -0.3 is 10.3 Å². The van der Waals surface area contributed by atoms with Crippen LogP contribution in [0.15, 0.2) is 18.3 Å². The molecule has 2 aromatic heterocycles. The van der Waals surface area contributed by atoms with Crippen LogP contribution in [0.25, 0.3) is 11.0 Å². The fraction of sp³-hybridized carbons (Fsp3) is 0.300. The summed E-state index contributed by atoms with van der Waals surface area (Å²) in [7, 11) is 1.93. The molecule has 0 aliphatic rings. The van der Waals surface area contributed by atoms with Crippen molar-refractivity contribution in [3.8, 4) is 0 Å². The Labute approximate surface area is 101 Å². The van der Waals surface area contributed by atoms with Gasteiger partial charge in [0, 0.05) is 23.8 Å². The highest BCUT2D eigenvalue weighted by molar-refractivity contribution is 5.85. The molecule has 5 heteroatoms. The number of pyridine rings is 1. The van der Waals surface area contributed by atoms with Crippen molar-refractivity contribution in [1.82, 2.24) is 15.3 Å². The van der Waals surface area contributed by atoms with Crippen LogP contribution < -0.4 is 5.32 Å². The van der Waals surface area contributed by atoms with Crippen molar-refractivity contribution in [1.29, 1.82) is 0 Å². The van der Waals surface area contributed by atoms with Crippen LogP contribution in [-0.2, 0) is 6.54 Å². The average molecular weight is 248 g/mol. The molecule has 0 aliphatic heterocycles. The van der Waals surface area contributed by atoms with Crippen LogP contribution in [0.4, 0.5) is 0 Å². The second-order valence-corrected chi connectivity index (χ2v) is 3.28. The second-order valence-electron chi connectivity index (χ2n) is 3.28. The lowest BCUT2D eigenvalue weighted by molar-refractivity contribution is 0.799. The summed E-state index contributed by atoms with van der Waals surface area (Å²) in [4.78, 5) is 7.55. The Morgan fingerprint density at radius 2 is 2.07 bits per heavy atom. The van der Waals surface area contributed by atoms with Crippen LogP contribution in [-0.4, -0.2) is 17.0 Å². The Kier molecular flexibility index (Phi) is 5.65. The molecule has 2 heterocycles. The Bertz CT molecular complexity index is 426. The van der Waals surface area contributed by atoms with Gasteiger partial charge in [-0.1, -0.05) is 0 Å². The van der Waals surface area contributed by atoms with Gasteiger partial charge in [0.1, 0.15) is 5.65 Å². The molecule has 3 nitrogen and oxygen atoms in total. The van der Waals surface area contributed by atoms with Crippen molar-refractivity contribution in [2.75, 3.05) is 7.05 Å². The number of aromatic amines is 1. The van der Waals surface area contributed by atoms with Crippen LogP contribution in [0, 0.1) is 6.92 Å². The highest BCUT2D eigenvalue weighted by Crippen LogP contribution is 2.13. The number of aromatic nitrogens is 2. The van der Waals surface area contributed by atoms with Gasteiger partial charge in [0.05, 0.1) is 0 Å². The van der Waals surface area contributed by atoms with E-state index in [1.165, 1.54) is 16.6 Å². The van der Waals surface area contributed by atoms with E-state index in [2.05, 4.69) is 34.3 Å². The molecular weight excluding hydrogens is 233 g/mol. The fourth-order valence-corrected chi connectivity index (χ4v) is 1.47. The van der Waals surface area contributed by atoms with Crippen LogP contribution >= 0.6 is 24.8 Å². The summed E-state index contributed by atoms with van der Waals surface area (Å²) in [6.45, 7) is 2.91. The van der Waals surface area contributed by atoms with Gasteiger partial charge in [0.25, 0.3) is 0 Å². The summed E-state index contributed by atoms with van der Waals surface area (Å²) in [5, 5.41) is 4.29. The van der Waals surface area contributed by atoms with Crippen molar-refractivity contribution >= 4 is 35.8 Å². The highest BCUT2D eigenvalue weighted by Gasteiger charge is 2.00. The number of nitrogens with one attached hydrogen (secondary N) is 2. The third kappa shape index (κ3) is 3.09. The van der Waals surface area contributed by atoms with Gasteiger partial charge in [0.15, 0.2) is 0 Å². The molecule has 0 atom stereocenters. The molecule has 2 rings (SSSR count). The molecule has 15 heavy (non-hydrogen) atoms. The smallest absolute Gasteiger partial charge is 0.137 e. The summed E-state index contributed by atoms with van der Waals surface area (Å²) >= 11 is 0. The zero-order valence-electron chi connectivity index (χ0n) is 8.70. The van der Waals surface area contributed by atoms with Gasteiger partial charge >= 0.3 is 0 Å². The first kappa shape index (κ1) is 14.2. The third-order valence-electron chi connectivity index (χ3n) is 2.03. The van der Waals surface area contributed by atoms with Gasteiger partial charge in [0.2, 0.25) is 0 Å². The Morgan fingerprint density at radius 1 is 1.33 bits per heavy atom. The number of aryl methyl sites for hydroxylation is 1. The number of halogens is 2. The first-order chi connectivity index (χ1) is 6.29. The van der Waals surface area contributed by atoms with Gasteiger partial charge in [-0.2, -0.15) is 0 Å². The Balaban J connectivity index is 0.000000980. The molecule has 2 aromatic rings. The zero-order valence-corrected chi connectivity index (χ0v) is 10.3. The topological polar surface area (TPSA) is 40.7 Å². The van der Waals surface area contributed by atoms with E-state index in [-0.39, 0.29) is 24.8 Å². The van der Waals surface area contributed by atoms with E-state index >= 15 is 0 Å². The van der Waals surface area contributed by atoms with Crippen LogP contribution in [0.3, 0.4) is 0 Å². The van der Waals surface area contributed by atoms with Crippen LogP contribution in [0.2, 0.25) is 0 Å². The summed E-state index contributed by atoms with van der Waals surface area (Å²) in [5.41, 5.74) is 3.34. The van der Waals surface area contributed by atoms with Gasteiger partial charge in [-0.25, -0.2) is 4.98 Å². The number of rotatable bonds is 2. The molecule has 0 aliphatic carbocycles. The Morgan fingerprint density at radius 3 is 2.73 bits per heavy atom. The molecular formula is C10H15Cl2N3. The van der Waals surface area contributed by atoms with E-state index in [0.717, 1.165) is 12.2 Å². The number of hydrogen-bond donors (Lipinski definition) is 2. The first-order valence-electron chi connectivity index (χ1n) is 4.38. The molecule has 0 amide bonds. The maximum Gasteiger partial charge on any atom is 0.137 e. The molecule has 0 saturated heterocycles. The third-order valence-corrected chi connectivity index (χ3v) is 2.03. The average Bonchev–Trinajstić information content (AvgIpc) is 2.46. The van der Waals surface area contributed by atoms with Crippen molar-refractivity contribution < 1.29 is 0 Å². The lowest BCUT2D eigenvalue weighted by atomic mass is 10.2. The normalized spacial score (nSPS) is 9.47. The van der Waals surface area contributed by atoms with E-state index in [9.17, 15) is 0 Å². The number of hydrogen-bond acceptors (Lipinski definition) is 2. The quantitative estimate of drug-likeness (QED) is 0.856. The lowest BCUT2D eigenvalue weighted by Crippen LogP contribution is -2.04. The van der Waals surface area contributed by atoms with Crippen molar-refractivity contribution in [3.05, 3.63) is 29.6 Å². The monoisotopic (exact) mass is 247 g/mol. The maximum absolute atomic E-state index is 4.30. The SMILES string of the molecule is CNCc1cc2cc(C)cnc2[nH]1.Cl.Cl. The largest absolute Gasteiger partial charge is 0.342 e. The number of nitrogens with zero attached hydrogens (tertiary/aromatic N) is 1. The summed E-state index contributed by atoms with van der Waals surface area (Å²) in [6.07, 6.45) is 1.88. The maximum atomic E-state index is 4.30. The zero-order chi connectivity index (χ0) is 9.26. The van der Waals surface area contributed by atoms with E-state index in [0.29, 0.717) is 0 Å². The first-order valence-corrected chi connectivity index (χ1v) is 4.38. The van der Waals surface area contributed by atoms with E-state index in [1.54, 1.807) is 0 Å². The number of fused-ring (bicyclic) bond motifs is 1. The molecule has 2 N–H and O–H groups in total. The van der Waals surface area contributed by atoms with Gasteiger partial charge in [-0.15, -0.1) is 24.8 Å². The molecule has 0 unspecified atom stereocenters. The second kappa shape index (κ2) is 5.95. The summed E-state index contributed by atoms with van der Waals surface area (Å²) < 4.78 is 0. The summed E-state index contributed by atoms with van der Waals surface area (Å²) in [5.74, 6) is 0. The lowest BCUT2D eigenvalue weighted by Gasteiger charge is -1.91. The Hall–Kier alpha value is -0.770. The fourth-order valence-electron chi connectivity index (χ4n) is 1.47. The minimum Gasteiger partial charge on any atom is -0.342 e. The molecule has 0 bridgehead atoms. The van der Waals surface area contributed by atoms with Gasteiger partial charge in [-0.05, 0) is 31.7 Å². The molecule has 0 fully saturated rings. The van der Waals surface area contributed by atoms with Gasteiger partial charge in [-0.3, -0.25) is 0 Å². The molecule has 0 radical (unpaired) electrons.